The Hall–Kier alpha value is -2.40. The molecular weight excluding hydrogens is 278 g/mol. The van der Waals surface area contributed by atoms with E-state index in [1.165, 1.54) is 12.7 Å². The van der Waals surface area contributed by atoms with E-state index in [9.17, 15) is 4.79 Å². The van der Waals surface area contributed by atoms with Gasteiger partial charge in [0.05, 0.1) is 7.11 Å². The van der Waals surface area contributed by atoms with Crippen LogP contribution in [0.15, 0.2) is 30.5 Å². The number of aromatic nitrogens is 1. The van der Waals surface area contributed by atoms with Crippen molar-refractivity contribution in [3.05, 3.63) is 52.7 Å². The molecule has 2 heterocycles. The molecule has 5 heteroatoms. The molecule has 0 amide bonds. The minimum Gasteiger partial charge on any atom is -0.465 e. The number of hydrogen-bond acceptors (Lipinski definition) is 5. The quantitative estimate of drug-likeness (QED) is 0.853. The summed E-state index contributed by atoms with van der Waals surface area (Å²) in [6.45, 7) is 3.62. The molecule has 22 heavy (non-hydrogen) atoms. The molecule has 0 fully saturated rings. The van der Waals surface area contributed by atoms with Crippen LogP contribution in [0, 0.1) is 6.92 Å². The molecule has 1 aliphatic heterocycles. The van der Waals surface area contributed by atoms with Crippen LogP contribution in [0.1, 0.15) is 27.0 Å². The number of carbonyl (C=O) groups excluding carboxylic acids is 1. The van der Waals surface area contributed by atoms with Gasteiger partial charge >= 0.3 is 5.97 Å². The Labute approximate surface area is 129 Å². The fourth-order valence-corrected chi connectivity index (χ4v) is 2.65. The van der Waals surface area contributed by atoms with Gasteiger partial charge in [-0.2, -0.15) is 0 Å². The number of anilines is 2. The van der Waals surface area contributed by atoms with E-state index in [0.29, 0.717) is 11.4 Å². The first-order chi connectivity index (χ1) is 10.7. The molecule has 3 rings (SSSR count). The number of carbonyl (C=O) groups is 1. The monoisotopic (exact) mass is 297 g/mol. The van der Waals surface area contributed by atoms with Crippen molar-refractivity contribution >= 4 is 17.5 Å². The van der Waals surface area contributed by atoms with E-state index in [1.807, 2.05) is 37.4 Å². The third-order valence-electron chi connectivity index (χ3n) is 3.85. The highest BCUT2D eigenvalue weighted by molar-refractivity contribution is 5.97. The predicted molar refractivity (Wildman–Crippen MR) is 85.4 cm³/mol. The Morgan fingerprint density at radius 3 is 2.82 bits per heavy atom. The molecule has 0 saturated heterocycles. The van der Waals surface area contributed by atoms with Crippen molar-refractivity contribution in [2.75, 3.05) is 19.0 Å². The Morgan fingerprint density at radius 1 is 1.32 bits per heavy atom. The minimum atomic E-state index is -0.346. The molecule has 2 N–H and O–H groups in total. The van der Waals surface area contributed by atoms with E-state index in [1.54, 1.807) is 0 Å². The zero-order chi connectivity index (χ0) is 15.5. The second-order valence-electron chi connectivity index (χ2n) is 5.39. The number of fused-ring (bicyclic) bond motifs is 1. The first-order valence-corrected chi connectivity index (χ1v) is 7.32. The molecule has 1 aliphatic rings. The maximum absolute atomic E-state index is 12.2. The van der Waals surface area contributed by atoms with Crippen molar-refractivity contribution in [1.82, 2.24) is 10.3 Å². The number of esters is 1. The second-order valence-corrected chi connectivity index (χ2v) is 5.39. The van der Waals surface area contributed by atoms with Gasteiger partial charge in [0.1, 0.15) is 11.4 Å². The van der Waals surface area contributed by atoms with Gasteiger partial charge in [0.2, 0.25) is 0 Å². The van der Waals surface area contributed by atoms with E-state index in [2.05, 4.69) is 15.6 Å². The number of rotatable bonds is 3. The zero-order valence-electron chi connectivity index (χ0n) is 12.8. The third kappa shape index (κ3) is 2.80. The van der Waals surface area contributed by atoms with Gasteiger partial charge < -0.3 is 15.4 Å². The maximum atomic E-state index is 12.2. The van der Waals surface area contributed by atoms with E-state index < -0.39 is 0 Å². The van der Waals surface area contributed by atoms with E-state index >= 15 is 0 Å². The van der Waals surface area contributed by atoms with Crippen molar-refractivity contribution in [2.24, 2.45) is 0 Å². The Morgan fingerprint density at radius 2 is 2.09 bits per heavy atom. The number of aryl methyl sites for hydroxylation is 1. The van der Waals surface area contributed by atoms with Gasteiger partial charge in [-0.15, -0.1) is 0 Å². The third-order valence-corrected chi connectivity index (χ3v) is 3.85. The first kappa shape index (κ1) is 14.5. The summed E-state index contributed by atoms with van der Waals surface area (Å²) in [6.07, 6.45) is 2.62. The zero-order valence-corrected chi connectivity index (χ0v) is 12.8. The highest BCUT2D eigenvalue weighted by Gasteiger charge is 2.23. The number of nitrogens with zero attached hydrogens (tertiary/aromatic N) is 1. The van der Waals surface area contributed by atoms with Gasteiger partial charge in [-0.3, -0.25) is 0 Å². The number of methoxy groups -OCH3 is 1. The molecule has 0 radical (unpaired) electrons. The second kappa shape index (κ2) is 6.15. The Kier molecular flexibility index (Phi) is 4.06. The minimum absolute atomic E-state index is 0.346. The fourth-order valence-electron chi connectivity index (χ4n) is 2.65. The molecule has 0 aliphatic carbocycles. The lowest BCUT2D eigenvalue weighted by atomic mass is 9.97. The van der Waals surface area contributed by atoms with Gasteiger partial charge in [0.15, 0.2) is 0 Å². The number of ether oxygens (including phenoxy) is 1. The molecule has 0 unspecified atom stereocenters. The lowest BCUT2D eigenvalue weighted by Gasteiger charge is -2.21. The average molecular weight is 297 g/mol. The fraction of sp³-hybridized carbons (Fsp3) is 0.294. The molecule has 2 aromatic rings. The van der Waals surface area contributed by atoms with Gasteiger partial charge in [0, 0.05) is 18.4 Å². The smallest absolute Gasteiger partial charge is 0.341 e. The lowest BCUT2D eigenvalue weighted by Crippen LogP contribution is -2.26. The maximum Gasteiger partial charge on any atom is 0.341 e. The van der Waals surface area contributed by atoms with Crippen LogP contribution in [0.2, 0.25) is 0 Å². The van der Waals surface area contributed by atoms with E-state index in [4.69, 9.17) is 4.74 Å². The first-order valence-electron chi connectivity index (χ1n) is 7.32. The van der Waals surface area contributed by atoms with Crippen molar-refractivity contribution in [3.63, 3.8) is 0 Å². The van der Waals surface area contributed by atoms with E-state index in [0.717, 1.165) is 36.3 Å². The summed E-state index contributed by atoms with van der Waals surface area (Å²) < 4.78 is 4.96. The lowest BCUT2D eigenvalue weighted by molar-refractivity contribution is 0.0600. The van der Waals surface area contributed by atoms with Crippen LogP contribution in [0.4, 0.5) is 11.5 Å². The highest BCUT2D eigenvalue weighted by Crippen LogP contribution is 2.27. The average Bonchev–Trinajstić information content (AvgIpc) is 2.56. The molecule has 0 saturated carbocycles. The topological polar surface area (TPSA) is 63.2 Å². The van der Waals surface area contributed by atoms with Gasteiger partial charge in [0.25, 0.3) is 0 Å². The number of pyridine rings is 1. The molecular formula is C17H19N3O2. The molecule has 0 spiro atoms. The van der Waals surface area contributed by atoms with E-state index in [-0.39, 0.29) is 5.97 Å². The Balaban J connectivity index is 2.02. The van der Waals surface area contributed by atoms with Gasteiger partial charge in [-0.05, 0) is 43.1 Å². The summed E-state index contributed by atoms with van der Waals surface area (Å²) in [4.78, 5) is 16.7. The van der Waals surface area contributed by atoms with Crippen LogP contribution in [0.25, 0.3) is 0 Å². The van der Waals surface area contributed by atoms with Crippen LogP contribution in [0.5, 0.6) is 0 Å². The standard InChI is InChI=1S/C17H19N3O2/c1-11-3-5-13(6-4-11)20-16-15(17(21)22-2)14-7-8-18-9-12(14)10-19-16/h3-6,10,18H,7-9H2,1-2H3,(H,19,20). The Bertz CT molecular complexity index is 696. The molecule has 0 atom stereocenters. The van der Waals surface area contributed by atoms with Gasteiger partial charge in [-0.1, -0.05) is 17.7 Å². The van der Waals surface area contributed by atoms with Crippen molar-refractivity contribution in [1.29, 1.82) is 0 Å². The summed E-state index contributed by atoms with van der Waals surface area (Å²) in [7, 11) is 1.40. The molecule has 0 bridgehead atoms. The van der Waals surface area contributed by atoms with Crippen molar-refractivity contribution in [3.8, 4) is 0 Å². The summed E-state index contributed by atoms with van der Waals surface area (Å²) in [5.41, 5.74) is 4.71. The van der Waals surface area contributed by atoms with Crippen LogP contribution in [-0.2, 0) is 17.7 Å². The summed E-state index contributed by atoms with van der Waals surface area (Å²) in [5.74, 6) is 0.206. The molecule has 5 nitrogen and oxygen atoms in total. The summed E-state index contributed by atoms with van der Waals surface area (Å²) in [5, 5.41) is 6.52. The SMILES string of the molecule is COC(=O)c1c(Nc2ccc(C)cc2)ncc2c1CCNC2. The predicted octanol–water partition coefficient (Wildman–Crippen LogP) is 2.57. The van der Waals surface area contributed by atoms with Crippen LogP contribution in [-0.4, -0.2) is 24.6 Å². The van der Waals surface area contributed by atoms with Crippen molar-refractivity contribution in [2.45, 2.75) is 19.9 Å². The van der Waals surface area contributed by atoms with Crippen LogP contribution in [0.3, 0.4) is 0 Å². The van der Waals surface area contributed by atoms with Gasteiger partial charge in [-0.25, -0.2) is 9.78 Å². The molecule has 1 aromatic carbocycles. The van der Waals surface area contributed by atoms with Crippen molar-refractivity contribution < 1.29 is 9.53 Å². The normalized spacial score (nSPS) is 13.4. The summed E-state index contributed by atoms with van der Waals surface area (Å²) >= 11 is 0. The largest absolute Gasteiger partial charge is 0.465 e. The van der Waals surface area contributed by atoms with Crippen LogP contribution < -0.4 is 10.6 Å². The van der Waals surface area contributed by atoms with Crippen LogP contribution >= 0.6 is 0 Å². The highest BCUT2D eigenvalue weighted by atomic mass is 16.5. The molecule has 1 aromatic heterocycles. The number of nitrogens with one attached hydrogen (secondary N) is 2. The number of hydrogen-bond donors (Lipinski definition) is 2. The number of benzene rings is 1. The summed E-state index contributed by atoms with van der Waals surface area (Å²) in [6, 6.07) is 7.98. The molecule has 114 valence electrons.